The summed E-state index contributed by atoms with van der Waals surface area (Å²) in [6.07, 6.45) is -1.43. The van der Waals surface area contributed by atoms with Gasteiger partial charge in [-0.1, -0.05) is 0 Å². The second-order valence-electron chi connectivity index (χ2n) is 12.0. The fourth-order valence-electron chi connectivity index (χ4n) is 6.01. The van der Waals surface area contributed by atoms with Crippen molar-refractivity contribution in [1.82, 2.24) is 19.8 Å². The highest BCUT2D eigenvalue weighted by molar-refractivity contribution is 5.80. The number of ether oxygens (including phenoxy) is 2. The van der Waals surface area contributed by atoms with Crippen LogP contribution in [0.2, 0.25) is 0 Å². The Morgan fingerprint density at radius 3 is 2.59 bits per heavy atom. The third kappa shape index (κ3) is 6.74. The molecule has 13 heteroatoms. The van der Waals surface area contributed by atoms with Gasteiger partial charge in [0.25, 0.3) is 5.91 Å². The molecule has 3 aromatic rings. The Morgan fingerprint density at radius 1 is 1.15 bits per heavy atom. The van der Waals surface area contributed by atoms with Crippen LogP contribution in [0.5, 0.6) is 5.75 Å². The number of aryl methyl sites for hydroxylation is 1. The Morgan fingerprint density at radius 2 is 1.93 bits per heavy atom. The number of aliphatic hydroxyl groups is 1. The lowest BCUT2D eigenvalue weighted by molar-refractivity contribution is -0.165. The summed E-state index contributed by atoms with van der Waals surface area (Å²) in [7, 11) is 0. The van der Waals surface area contributed by atoms with E-state index in [4.69, 9.17) is 9.47 Å². The fourth-order valence-corrected chi connectivity index (χ4v) is 6.01. The van der Waals surface area contributed by atoms with E-state index in [0.717, 1.165) is 55.5 Å². The van der Waals surface area contributed by atoms with E-state index in [1.165, 1.54) is 18.7 Å². The van der Waals surface area contributed by atoms with Gasteiger partial charge in [0.15, 0.2) is 6.10 Å². The summed E-state index contributed by atoms with van der Waals surface area (Å²) in [5.41, 5.74) is 4.31. The third-order valence-corrected chi connectivity index (χ3v) is 8.80. The van der Waals surface area contributed by atoms with Gasteiger partial charge in [-0.05, 0) is 61.9 Å². The third-order valence-electron chi connectivity index (χ3n) is 8.80. The number of aliphatic hydroxyl groups excluding tert-OH is 1. The van der Waals surface area contributed by atoms with Crippen LogP contribution in [0.3, 0.4) is 0 Å². The maximum Gasteiger partial charge on any atom is 0.301 e. The molecule has 6 rings (SSSR count). The van der Waals surface area contributed by atoms with Gasteiger partial charge < -0.3 is 29.7 Å². The molecule has 0 aliphatic carbocycles. The number of rotatable bonds is 8. The monoisotopic (exact) mass is 633 g/mol. The van der Waals surface area contributed by atoms with Crippen LogP contribution in [0.25, 0.3) is 11.3 Å². The van der Waals surface area contributed by atoms with Gasteiger partial charge in [-0.15, -0.1) is 0 Å². The molecule has 3 aliphatic rings. The first-order valence-corrected chi connectivity index (χ1v) is 15.4. The molecule has 0 bridgehead atoms. The average Bonchev–Trinajstić information content (AvgIpc) is 3.02. The highest BCUT2D eigenvalue weighted by atomic mass is 19.3. The largest absolute Gasteiger partial charge is 0.483 e. The molecular formula is C33H37F2N7O4. The number of carbonyl (C=O) groups is 1. The quantitative estimate of drug-likeness (QED) is 0.380. The number of hydrogen-bond donors (Lipinski definition) is 2. The Labute approximate surface area is 266 Å². The lowest BCUT2D eigenvalue weighted by Crippen LogP contribution is -2.56. The molecule has 46 heavy (non-hydrogen) atoms. The van der Waals surface area contributed by atoms with Crippen LogP contribution >= 0.6 is 0 Å². The van der Waals surface area contributed by atoms with E-state index < -0.39 is 30.6 Å². The van der Waals surface area contributed by atoms with Crippen LogP contribution < -0.4 is 15.0 Å². The zero-order valence-corrected chi connectivity index (χ0v) is 25.8. The summed E-state index contributed by atoms with van der Waals surface area (Å²) in [5.74, 6) is -3.72. The van der Waals surface area contributed by atoms with E-state index in [2.05, 4.69) is 37.2 Å². The molecule has 0 spiro atoms. The zero-order chi connectivity index (χ0) is 32.4. The molecule has 0 radical (unpaired) electrons. The van der Waals surface area contributed by atoms with E-state index >= 15 is 0 Å². The van der Waals surface area contributed by atoms with Crippen LogP contribution in [-0.4, -0.2) is 107 Å². The standard InChI is InChI=1S/C33H37F2N7O4/c1-21-15-25(40-11-13-41(14-12-40)26-18-45-19-26)4-5-27(21)38-32-37-9-7-28(39-32)23-3-6-29(24(16-23)17-36)46-30-8-10-42(20-33(30,34)35)31(44)22(2)43/h3-7,9,15-16,22,26,30,43H,8,10-14,18-20H2,1-2H3,(H,37,38,39)/t22-,30?/m0/s1. The number of alkyl halides is 2. The number of aromatic nitrogens is 2. The van der Waals surface area contributed by atoms with Gasteiger partial charge >= 0.3 is 5.92 Å². The number of benzene rings is 2. The lowest BCUT2D eigenvalue weighted by Gasteiger charge is -2.43. The minimum atomic E-state index is -3.36. The van der Waals surface area contributed by atoms with E-state index in [0.29, 0.717) is 23.2 Å². The smallest absolute Gasteiger partial charge is 0.301 e. The molecule has 1 unspecified atom stereocenters. The van der Waals surface area contributed by atoms with Crippen LogP contribution in [0.4, 0.5) is 26.1 Å². The van der Waals surface area contributed by atoms with Crippen molar-refractivity contribution >= 4 is 23.2 Å². The van der Waals surface area contributed by atoms with Gasteiger partial charge in [0.1, 0.15) is 17.9 Å². The number of halogens is 2. The Kier molecular flexibility index (Phi) is 9.04. The summed E-state index contributed by atoms with van der Waals surface area (Å²) < 4.78 is 40.8. The summed E-state index contributed by atoms with van der Waals surface area (Å²) in [5, 5.41) is 22.6. The first-order chi connectivity index (χ1) is 22.1. The highest BCUT2D eigenvalue weighted by Gasteiger charge is 2.48. The molecule has 3 fully saturated rings. The second-order valence-corrected chi connectivity index (χ2v) is 12.0. The number of nitrogens with one attached hydrogen (secondary N) is 1. The number of likely N-dealkylation sites (tertiary alicyclic amines) is 1. The van der Waals surface area contributed by atoms with Crippen molar-refractivity contribution in [3.63, 3.8) is 0 Å². The SMILES string of the molecule is Cc1cc(N2CCN(C3COC3)CC2)ccc1Nc1nccc(-c2ccc(OC3CCN(C(=O)[C@H](C)O)CC3(F)F)c(C#N)c2)n1. The number of piperazine rings is 1. The fraction of sp³-hybridized carbons (Fsp3) is 0.455. The number of piperidine rings is 1. The predicted octanol–water partition coefficient (Wildman–Crippen LogP) is 3.58. The van der Waals surface area contributed by atoms with E-state index in [9.17, 15) is 23.9 Å². The average molecular weight is 634 g/mol. The maximum atomic E-state index is 14.9. The van der Waals surface area contributed by atoms with Crippen molar-refractivity contribution in [3.05, 3.63) is 59.8 Å². The van der Waals surface area contributed by atoms with Gasteiger partial charge in [-0.3, -0.25) is 9.69 Å². The van der Waals surface area contributed by atoms with Crippen LogP contribution in [-0.2, 0) is 9.53 Å². The lowest BCUT2D eigenvalue weighted by atomic mass is 10.0. The Balaban J connectivity index is 1.11. The molecule has 2 N–H and O–H groups in total. The van der Waals surface area contributed by atoms with Crippen molar-refractivity contribution in [2.24, 2.45) is 0 Å². The van der Waals surface area contributed by atoms with Gasteiger partial charge in [0, 0.05) is 62.3 Å². The molecule has 3 saturated heterocycles. The topological polar surface area (TPSA) is 127 Å². The van der Waals surface area contributed by atoms with Crippen molar-refractivity contribution in [2.45, 2.75) is 44.4 Å². The van der Waals surface area contributed by atoms with Crippen molar-refractivity contribution in [2.75, 3.05) is 62.7 Å². The van der Waals surface area contributed by atoms with E-state index in [1.807, 2.05) is 19.1 Å². The number of anilines is 3. The van der Waals surface area contributed by atoms with Crippen molar-refractivity contribution in [3.8, 4) is 23.1 Å². The van der Waals surface area contributed by atoms with Gasteiger partial charge in [-0.2, -0.15) is 5.26 Å². The van der Waals surface area contributed by atoms with Crippen LogP contribution in [0.15, 0.2) is 48.7 Å². The molecule has 2 atom stereocenters. The van der Waals surface area contributed by atoms with Gasteiger partial charge in [0.05, 0.1) is 37.1 Å². The van der Waals surface area contributed by atoms with Gasteiger partial charge in [-0.25, -0.2) is 18.7 Å². The summed E-state index contributed by atoms with van der Waals surface area (Å²) in [6.45, 7) is 8.07. The number of amides is 1. The molecule has 242 valence electrons. The molecule has 11 nitrogen and oxygen atoms in total. The van der Waals surface area contributed by atoms with Crippen molar-refractivity contribution in [1.29, 1.82) is 5.26 Å². The molecule has 2 aromatic carbocycles. The Bertz CT molecular complexity index is 1620. The first kappa shape index (κ1) is 31.6. The van der Waals surface area contributed by atoms with E-state index in [-0.39, 0.29) is 24.3 Å². The molecule has 3 aliphatic heterocycles. The van der Waals surface area contributed by atoms with Crippen molar-refractivity contribution < 1.29 is 28.2 Å². The minimum absolute atomic E-state index is 0.0104. The summed E-state index contributed by atoms with van der Waals surface area (Å²) >= 11 is 0. The normalized spacial score (nSPS) is 20.8. The Hall–Kier alpha value is -4.38. The van der Waals surface area contributed by atoms with Crippen LogP contribution in [0, 0.1) is 18.3 Å². The number of carbonyl (C=O) groups excluding carboxylic acids is 1. The van der Waals surface area contributed by atoms with Gasteiger partial charge in [0.2, 0.25) is 5.95 Å². The number of nitrogens with zero attached hydrogens (tertiary/aromatic N) is 6. The predicted molar refractivity (Wildman–Crippen MR) is 167 cm³/mol. The molecule has 1 aromatic heterocycles. The minimum Gasteiger partial charge on any atom is -0.483 e. The number of hydrogen-bond acceptors (Lipinski definition) is 10. The summed E-state index contributed by atoms with van der Waals surface area (Å²) in [6, 6.07) is 15.3. The van der Waals surface area contributed by atoms with E-state index in [1.54, 1.807) is 24.4 Å². The van der Waals surface area contributed by atoms with Crippen LogP contribution in [0.1, 0.15) is 24.5 Å². The molecular weight excluding hydrogens is 596 g/mol. The highest BCUT2D eigenvalue weighted by Crippen LogP contribution is 2.34. The maximum absolute atomic E-state index is 14.9. The number of nitriles is 1. The molecule has 1 amide bonds. The molecule has 0 saturated carbocycles. The summed E-state index contributed by atoms with van der Waals surface area (Å²) in [4.78, 5) is 26.8. The first-order valence-electron chi connectivity index (χ1n) is 15.4. The second kappa shape index (κ2) is 13.2. The molecule has 4 heterocycles. The zero-order valence-electron chi connectivity index (χ0n) is 25.8.